The van der Waals surface area contributed by atoms with Gasteiger partial charge in [0.15, 0.2) is 5.60 Å². The lowest BCUT2D eigenvalue weighted by molar-refractivity contribution is -0.152. The molecule has 0 aromatic heterocycles. The topological polar surface area (TPSA) is 105 Å². The molecular weight excluding hydrogens is 741 g/mol. The van der Waals surface area contributed by atoms with Crippen LogP contribution < -0.4 is 4.74 Å². The molecule has 0 unspecified atom stereocenters. The predicted octanol–water partition coefficient (Wildman–Crippen LogP) is 11.5. The predicted molar refractivity (Wildman–Crippen MR) is 230 cm³/mol. The van der Waals surface area contributed by atoms with Gasteiger partial charge in [0.1, 0.15) is 5.75 Å². The van der Waals surface area contributed by atoms with Gasteiger partial charge in [0.2, 0.25) is 0 Å². The SMILES string of the molecule is C=CC(=O)OCCCCCCCCOC(=O)C1CCC(C(=O)Oc2ccc(C(=O)OC3(C#Cc4ccccc4)CCC(C4CCC(CCCCC)CC4)CC3)cc2)CC1. The molecule has 59 heavy (non-hydrogen) atoms. The number of rotatable bonds is 20. The maximum Gasteiger partial charge on any atom is 0.339 e. The normalized spacial score (nSPS) is 24.1. The van der Waals surface area contributed by atoms with Crippen molar-refractivity contribution in [2.75, 3.05) is 13.2 Å². The summed E-state index contributed by atoms with van der Waals surface area (Å²) in [7, 11) is 0. The van der Waals surface area contributed by atoms with Crippen molar-refractivity contribution in [2.45, 2.75) is 154 Å². The lowest BCUT2D eigenvalue weighted by Crippen LogP contribution is -2.39. The van der Waals surface area contributed by atoms with Gasteiger partial charge < -0.3 is 18.9 Å². The Morgan fingerprint density at radius 2 is 1.27 bits per heavy atom. The first-order valence-electron chi connectivity index (χ1n) is 22.9. The first kappa shape index (κ1) is 45.7. The molecule has 0 N–H and O–H groups in total. The average molecular weight is 809 g/mol. The van der Waals surface area contributed by atoms with Crippen LogP contribution in [0.1, 0.15) is 164 Å². The fourth-order valence-electron chi connectivity index (χ4n) is 9.26. The van der Waals surface area contributed by atoms with Gasteiger partial charge in [-0.15, -0.1) is 0 Å². The minimum Gasteiger partial charge on any atom is -0.465 e. The molecule has 2 aromatic rings. The molecule has 5 rings (SSSR count). The van der Waals surface area contributed by atoms with E-state index < -0.39 is 11.6 Å². The monoisotopic (exact) mass is 808 g/mol. The van der Waals surface area contributed by atoms with Crippen LogP contribution in [0.25, 0.3) is 0 Å². The van der Waals surface area contributed by atoms with Crippen LogP contribution in [0.3, 0.4) is 0 Å². The highest BCUT2D eigenvalue weighted by molar-refractivity contribution is 5.90. The van der Waals surface area contributed by atoms with E-state index in [4.69, 9.17) is 18.9 Å². The van der Waals surface area contributed by atoms with Crippen LogP contribution in [0.4, 0.5) is 0 Å². The minimum atomic E-state index is -0.844. The molecule has 8 nitrogen and oxygen atoms in total. The standard InChI is InChI=1S/C51H68O8/c1-3-5-11-16-40-19-21-41(22-20-40)42-32-35-51(36-33-42,34-31-39-17-12-10-13-18-39)59-50(55)45-27-29-46(30-28-45)58-49(54)44-25-23-43(24-26-44)48(53)57-38-15-9-7-6-8-14-37-56-47(52)4-2/h4,10,12-13,17-18,27-30,40-44H,2-3,5-9,11,14-16,19-26,32-33,35-38H2,1H3. The molecule has 0 bridgehead atoms. The Hall–Kier alpha value is -4.38. The molecule has 8 heteroatoms. The van der Waals surface area contributed by atoms with E-state index in [9.17, 15) is 19.2 Å². The van der Waals surface area contributed by atoms with E-state index in [0.717, 1.165) is 81.6 Å². The van der Waals surface area contributed by atoms with Crippen LogP contribution in [0.15, 0.2) is 67.3 Å². The summed E-state index contributed by atoms with van der Waals surface area (Å²) in [5, 5.41) is 0. The van der Waals surface area contributed by atoms with Crippen LogP contribution in [0.2, 0.25) is 0 Å². The van der Waals surface area contributed by atoms with Crippen LogP contribution >= 0.6 is 0 Å². The lowest BCUT2D eigenvalue weighted by Gasteiger charge is -2.41. The van der Waals surface area contributed by atoms with Crippen LogP contribution in [-0.4, -0.2) is 42.7 Å². The fraction of sp³-hybridized carbons (Fsp3) is 0.608. The van der Waals surface area contributed by atoms with Crippen LogP contribution in [0.5, 0.6) is 5.75 Å². The average Bonchev–Trinajstić information content (AvgIpc) is 3.27. The molecule has 0 spiro atoms. The van der Waals surface area contributed by atoms with Gasteiger partial charge in [0, 0.05) is 11.6 Å². The van der Waals surface area contributed by atoms with Crippen molar-refractivity contribution in [1.29, 1.82) is 0 Å². The van der Waals surface area contributed by atoms with E-state index in [1.54, 1.807) is 24.3 Å². The number of esters is 4. The smallest absolute Gasteiger partial charge is 0.339 e. The van der Waals surface area contributed by atoms with Crippen molar-refractivity contribution < 1.29 is 38.1 Å². The summed E-state index contributed by atoms with van der Waals surface area (Å²) >= 11 is 0. The van der Waals surface area contributed by atoms with Crippen molar-refractivity contribution in [3.8, 4) is 17.6 Å². The number of carbonyl (C=O) groups is 4. The van der Waals surface area contributed by atoms with E-state index in [2.05, 4.69) is 25.3 Å². The number of hydrogen-bond acceptors (Lipinski definition) is 8. The summed E-state index contributed by atoms with van der Waals surface area (Å²) in [5.74, 6) is 7.63. The first-order chi connectivity index (χ1) is 28.8. The molecule has 0 saturated heterocycles. The number of hydrogen-bond donors (Lipinski definition) is 0. The Balaban J connectivity index is 1.03. The van der Waals surface area contributed by atoms with Gasteiger partial charge in [-0.05, 0) is 137 Å². The summed E-state index contributed by atoms with van der Waals surface area (Å²) in [4.78, 5) is 50.5. The van der Waals surface area contributed by atoms with Crippen molar-refractivity contribution in [1.82, 2.24) is 0 Å². The van der Waals surface area contributed by atoms with E-state index in [1.807, 2.05) is 30.3 Å². The Morgan fingerprint density at radius 3 is 1.90 bits per heavy atom. The molecular formula is C51H68O8. The first-order valence-corrected chi connectivity index (χ1v) is 22.9. The Kier molecular flexibility index (Phi) is 19.1. The second-order valence-corrected chi connectivity index (χ2v) is 17.3. The van der Waals surface area contributed by atoms with Crippen molar-refractivity contribution in [3.63, 3.8) is 0 Å². The van der Waals surface area contributed by atoms with Gasteiger partial charge in [-0.3, -0.25) is 9.59 Å². The summed E-state index contributed by atoms with van der Waals surface area (Å²) in [5.41, 5.74) is 0.463. The van der Waals surface area contributed by atoms with Crippen molar-refractivity contribution in [2.24, 2.45) is 29.6 Å². The molecule has 0 aliphatic heterocycles. The van der Waals surface area contributed by atoms with Crippen LogP contribution in [0, 0.1) is 41.4 Å². The molecule has 3 fully saturated rings. The van der Waals surface area contributed by atoms with Crippen LogP contribution in [-0.2, 0) is 28.6 Å². The fourth-order valence-corrected chi connectivity index (χ4v) is 9.26. The third-order valence-corrected chi connectivity index (χ3v) is 13.0. The largest absolute Gasteiger partial charge is 0.465 e. The quantitative estimate of drug-likeness (QED) is 0.0325. The summed E-state index contributed by atoms with van der Waals surface area (Å²) in [6.07, 6.45) is 23.4. The molecule has 3 aliphatic carbocycles. The molecule has 0 heterocycles. The highest BCUT2D eigenvalue weighted by Crippen LogP contribution is 2.44. The lowest BCUT2D eigenvalue weighted by atomic mass is 9.67. The molecule has 3 saturated carbocycles. The van der Waals surface area contributed by atoms with Crippen molar-refractivity contribution >= 4 is 23.9 Å². The van der Waals surface area contributed by atoms with E-state index in [-0.39, 0.29) is 29.7 Å². The second kappa shape index (κ2) is 24.6. The van der Waals surface area contributed by atoms with E-state index >= 15 is 0 Å². The van der Waals surface area contributed by atoms with Gasteiger partial charge in [-0.2, -0.15) is 0 Å². The Morgan fingerprint density at radius 1 is 0.678 bits per heavy atom. The minimum absolute atomic E-state index is 0.181. The molecule has 0 radical (unpaired) electrons. The maximum atomic E-state index is 13.7. The number of benzene rings is 2. The third kappa shape index (κ3) is 15.3. The van der Waals surface area contributed by atoms with Crippen molar-refractivity contribution in [3.05, 3.63) is 78.4 Å². The van der Waals surface area contributed by atoms with Gasteiger partial charge in [0.25, 0.3) is 0 Å². The van der Waals surface area contributed by atoms with E-state index in [1.165, 1.54) is 57.4 Å². The molecule has 3 aliphatic rings. The van der Waals surface area contributed by atoms with Gasteiger partial charge >= 0.3 is 23.9 Å². The molecule has 0 atom stereocenters. The summed E-state index contributed by atoms with van der Waals surface area (Å²) in [6, 6.07) is 16.5. The summed E-state index contributed by atoms with van der Waals surface area (Å²) in [6.45, 7) is 6.49. The zero-order valence-corrected chi connectivity index (χ0v) is 35.6. The highest BCUT2D eigenvalue weighted by atomic mass is 16.6. The van der Waals surface area contributed by atoms with Gasteiger partial charge in [0.05, 0.1) is 30.6 Å². The van der Waals surface area contributed by atoms with Gasteiger partial charge in [-0.25, -0.2) is 9.59 Å². The molecule has 320 valence electrons. The third-order valence-electron chi connectivity index (χ3n) is 13.0. The number of carbonyl (C=O) groups excluding carboxylic acids is 4. The number of ether oxygens (including phenoxy) is 4. The zero-order valence-electron chi connectivity index (χ0n) is 35.6. The zero-order chi connectivity index (χ0) is 41.7. The van der Waals surface area contributed by atoms with Gasteiger partial charge in [-0.1, -0.05) is 102 Å². The Labute approximate surface area is 353 Å². The second-order valence-electron chi connectivity index (χ2n) is 17.3. The molecule has 2 aromatic carbocycles. The summed E-state index contributed by atoms with van der Waals surface area (Å²) < 4.78 is 22.6. The number of unbranched alkanes of at least 4 members (excludes halogenated alkanes) is 7. The Bertz CT molecular complexity index is 1660. The maximum absolute atomic E-state index is 13.7. The van der Waals surface area contributed by atoms with E-state index in [0.29, 0.717) is 56.1 Å². The molecule has 0 amide bonds. The highest BCUT2D eigenvalue weighted by Gasteiger charge is 2.41.